The van der Waals surface area contributed by atoms with E-state index in [0.717, 1.165) is 17.3 Å². The van der Waals surface area contributed by atoms with Crippen LogP contribution < -0.4 is 5.32 Å². The number of imidazole rings is 1. The molecule has 0 aliphatic rings. The van der Waals surface area contributed by atoms with Crippen molar-refractivity contribution < 1.29 is 0 Å². The zero-order chi connectivity index (χ0) is 10.8. The van der Waals surface area contributed by atoms with E-state index in [2.05, 4.69) is 55.7 Å². The predicted octanol–water partition coefficient (Wildman–Crippen LogP) is 2.83. The first-order valence-corrected chi connectivity index (χ1v) is 5.78. The van der Waals surface area contributed by atoms with Gasteiger partial charge in [0.2, 0.25) is 5.95 Å². The molecule has 0 unspecified atom stereocenters. The van der Waals surface area contributed by atoms with Crippen LogP contribution in [0.2, 0.25) is 0 Å². The van der Waals surface area contributed by atoms with Crippen LogP contribution in [0, 0.1) is 10.5 Å². The molecule has 0 fully saturated rings. The third-order valence-corrected chi connectivity index (χ3v) is 2.81. The molecule has 0 spiro atoms. The number of anilines is 1. The van der Waals surface area contributed by atoms with Gasteiger partial charge in [-0.05, 0) is 47.7 Å². The van der Waals surface area contributed by atoms with Gasteiger partial charge < -0.3 is 5.32 Å². The summed E-state index contributed by atoms with van der Waals surface area (Å²) in [6.45, 7) is 1.99. The summed E-state index contributed by atoms with van der Waals surface area (Å²) in [6, 6.07) is 8.32. The Morgan fingerprint density at radius 1 is 1.40 bits per heavy atom. The molecule has 0 radical (unpaired) electrons. The lowest BCUT2D eigenvalue weighted by atomic mass is 10.3. The van der Waals surface area contributed by atoms with Crippen LogP contribution in [-0.4, -0.2) is 16.6 Å². The molecule has 3 nitrogen and oxygen atoms in total. The van der Waals surface area contributed by atoms with E-state index in [0.29, 0.717) is 0 Å². The molecule has 78 valence electrons. The maximum absolute atomic E-state index is 4.38. The lowest BCUT2D eigenvalue weighted by Gasteiger charge is -2.06. The van der Waals surface area contributed by atoms with Gasteiger partial charge in [-0.25, -0.2) is 4.98 Å². The van der Waals surface area contributed by atoms with E-state index in [9.17, 15) is 0 Å². The highest BCUT2D eigenvalue weighted by molar-refractivity contribution is 14.1. The fourth-order valence-corrected chi connectivity index (χ4v) is 2.02. The summed E-state index contributed by atoms with van der Waals surface area (Å²) < 4.78 is 3.27. The number of hydrogen-bond acceptors (Lipinski definition) is 2. The van der Waals surface area contributed by atoms with Crippen molar-refractivity contribution in [2.45, 2.75) is 6.92 Å². The van der Waals surface area contributed by atoms with Crippen molar-refractivity contribution in [3.8, 4) is 5.69 Å². The van der Waals surface area contributed by atoms with Gasteiger partial charge in [-0.3, -0.25) is 4.57 Å². The fourth-order valence-electron chi connectivity index (χ4n) is 1.50. The molecule has 1 aromatic carbocycles. The van der Waals surface area contributed by atoms with Gasteiger partial charge in [-0.1, -0.05) is 6.07 Å². The van der Waals surface area contributed by atoms with Crippen LogP contribution >= 0.6 is 22.6 Å². The molecule has 0 saturated carbocycles. The first kappa shape index (κ1) is 10.5. The first-order chi connectivity index (χ1) is 7.20. The molecule has 1 heterocycles. The SMILES string of the molecule is CNc1nc(C)cn1-c1cccc(I)c1. The average Bonchev–Trinajstić information content (AvgIpc) is 2.59. The van der Waals surface area contributed by atoms with Crippen LogP contribution in [0.15, 0.2) is 30.5 Å². The molecule has 1 N–H and O–H groups in total. The minimum Gasteiger partial charge on any atom is -0.358 e. The summed E-state index contributed by atoms with van der Waals surface area (Å²) in [5.74, 6) is 0.870. The summed E-state index contributed by atoms with van der Waals surface area (Å²) in [4.78, 5) is 4.38. The first-order valence-electron chi connectivity index (χ1n) is 4.70. The Labute approximate surface area is 103 Å². The Kier molecular flexibility index (Phi) is 2.95. The second-order valence-electron chi connectivity index (χ2n) is 3.31. The monoisotopic (exact) mass is 313 g/mol. The quantitative estimate of drug-likeness (QED) is 0.864. The molecule has 0 aliphatic heterocycles. The Bertz CT molecular complexity index is 476. The van der Waals surface area contributed by atoms with Crippen LogP contribution in [-0.2, 0) is 0 Å². The molecule has 2 aromatic rings. The van der Waals surface area contributed by atoms with Gasteiger partial charge in [0.1, 0.15) is 0 Å². The highest BCUT2D eigenvalue weighted by Crippen LogP contribution is 2.18. The standard InChI is InChI=1S/C11H12IN3/c1-8-7-15(11(13-2)14-8)10-5-3-4-9(12)6-10/h3-7H,1-2H3,(H,13,14). The van der Waals surface area contributed by atoms with Crippen molar-refractivity contribution in [2.24, 2.45) is 0 Å². The van der Waals surface area contributed by atoms with Gasteiger partial charge in [0.25, 0.3) is 0 Å². The molecule has 0 aliphatic carbocycles. The molecule has 0 bridgehead atoms. The largest absolute Gasteiger partial charge is 0.358 e. The minimum atomic E-state index is 0.870. The van der Waals surface area contributed by atoms with Crippen LogP contribution in [0.1, 0.15) is 5.69 Å². The summed E-state index contributed by atoms with van der Waals surface area (Å²) in [7, 11) is 1.88. The number of halogens is 1. The van der Waals surface area contributed by atoms with E-state index in [4.69, 9.17) is 0 Å². The predicted molar refractivity (Wildman–Crippen MR) is 70.6 cm³/mol. The van der Waals surface area contributed by atoms with E-state index in [-0.39, 0.29) is 0 Å². The molecule has 0 saturated heterocycles. The zero-order valence-corrected chi connectivity index (χ0v) is 10.8. The third kappa shape index (κ3) is 2.14. The number of benzene rings is 1. The topological polar surface area (TPSA) is 29.9 Å². The van der Waals surface area contributed by atoms with Gasteiger partial charge in [0.15, 0.2) is 0 Å². The van der Waals surface area contributed by atoms with Crippen molar-refractivity contribution in [1.82, 2.24) is 9.55 Å². The molecule has 4 heteroatoms. The number of aromatic nitrogens is 2. The minimum absolute atomic E-state index is 0.870. The molecule has 15 heavy (non-hydrogen) atoms. The second kappa shape index (κ2) is 4.22. The summed E-state index contributed by atoms with van der Waals surface area (Å²) in [5.41, 5.74) is 2.14. The Hall–Kier alpha value is -1.04. The smallest absolute Gasteiger partial charge is 0.207 e. The molecule has 1 aromatic heterocycles. The van der Waals surface area contributed by atoms with Gasteiger partial charge in [0.05, 0.1) is 5.69 Å². The Balaban J connectivity index is 2.53. The third-order valence-electron chi connectivity index (χ3n) is 2.14. The molecule has 0 atom stereocenters. The van der Waals surface area contributed by atoms with Crippen LogP contribution in [0.3, 0.4) is 0 Å². The zero-order valence-electron chi connectivity index (χ0n) is 8.66. The van der Waals surface area contributed by atoms with E-state index in [1.165, 1.54) is 3.57 Å². The molecular formula is C11H12IN3. The number of hydrogen-bond donors (Lipinski definition) is 1. The number of aryl methyl sites for hydroxylation is 1. The van der Waals surface area contributed by atoms with E-state index in [1.807, 2.05) is 26.2 Å². The van der Waals surface area contributed by atoms with E-state index in [1.54, 1.807) is 0 Å². The lowest BCUT2D eigenvalue weighted by Crippen LogP contribution is -2.00. The Morgan fingerprint density at radius 3 is 2.87 bits per heavy atom. The van der Waals surface area contributed by atoms with E-state index >= 15 is 0 Å². The summed E-state index contributed by atoms with van der Waals surface area (Å²) >= 11 is 2.31. The van der Waals surface area contributed by atoms with Crippen LogP contribution in [0.25, 0.3) is 5.69 Å². The number of nitrogens with one attached hydrogen (secondary N) is 1. The van der Waals surface area contributed by atoms with Gasteiger partial charge in [-0.15, -0.1) is 0 Å². The Morgan fingerprint density at radius 2 is 2.20 bits per heavy atom. The van der Waals surface area contributed by atoms with Crippen molar-refractivity contribution in [2.75, 3.05) is 12.4 Å². The summed E-state index contributed by atoms with van der Waals surface area (Å²) in [5, 5.41) is 3.08. The molecule has 2 rings (SSSR count). The second-order valence-corrected chi connectivity index (χ2v) is 4.55. The highest BCUT2D eigenvalue weighted by Gasteiger charge is 2.05. The lowest BCUT2D eigenvalue weighted by molar-refractivity contribution is 1.05. The van der Waals surface area contributed by atoms with Crippen molar-refractivity contribution >= 4 is 28.5 Å². The normalized spacial score (nSPS) is 10.3. The highest BCUT2D eigenvalue weighted by atomic mass is 127. The maximum atomic E-state index is 4.38. The summed E-state index contributed by atoms with van der Waals surface area (Å²) in [6.07, 6.45) is 2.03. The van der Waals surface area contributed by atoms with E-state index < -0.39 is 0 Å². The molecule has 0 amide bonds. The number of nitrogens with zero attached hydrogens (tertiary/aromatic N) is 2. The van der Waals surface area contributed by atoms with Crippen molar-refractivity contribution in [3.63, 3.8) is 0 Å². The van der Waals surface area contributed by atoms with Crippen LogP contribution in [0.5, 0.6) is 0 Å². The van der Waals surface area contributed by atoms with Crippen molar-refractivity contribution in [1.29, 1.82) is 0 Å². The van der Waals surface area contributed by atoms with Gasteiger partial charge in [-0.2, -0.15) is 0 Å². The number of rotatable bonds is 2. The fraction of sp³-hybridized carbons (Fsp3) is 0.182. The van der Waals surface area contributed by atoms with Crippen molar-refractivity contribution in [3.05, 3.63) is 39.7 Å². The average molecular weight is 313 g/mol. The molecular weight excluding hydrogens is 301 g/mol. The van der Waals surface area contributed by atoms with Crippen LogP contribution in [0.4, 0.5) is 5.95 Å². The maximum Gasteiger partial charge on any atom is 0.207 e. The van der Waals surface area contributed by atoms with Gasteiger partial charge in [0, 0.05) is 22.5 Å². The van der Waals surface area contributed by atoms with Gasteiger partial charge >= 0.3 is 0 Å².